The van der Waals surface area contributed by atoms with E-state index in [0.717, 1.165) is 30.7 Å². The maximum Gasteiger partial charge on any atom is 0.411 e. The highest BCUT2D eigenvalue weighted by Crippen LogP contribution is 2.39. The van der Waals surface area contributed by atoms with Crippen molar-refractivity contribution in [2.75, 3.05) is 5.32 Å². The molecule has 1 fully saturated rings. The van der Waals surface area contributed by atoms with Gasteiger partial charge in [-0.3, -0.25) is 5.32 Å². The van der Waals surface area contributed by atoms with Crippen LogP contribution in [0.4, 0.5) is 15.3 Å². The molecule has 222 valence electrons. The molecule has 1 aliphatic rings. The molecule has 1 heterocycles. The van der Waals surface area contributed by atoms with Gasteiger partial charge in [-0.1, -0.05) is 11.3 Å². The number of aromatic nitrogens is 2. The number of ether oxygens (including phenoxy) is 2. The van der Waals surface area contributed by atoms with Crippen LogP contribution in [0, 0.1) is 0 Å². The third-order valence-corrected chi connectivity index (χ3v) is 8.69. The molecule has 0 atom stereocenters. The number of carbonyl (C=O) groups excluding carboxylic acids is 2. The van der Waals surface area contributed by atoms with Gasteiger partial charge < -0.3 is 14.8 Å². The molecule has 1 aromatic heterocycles. The third-order valence-electron chi connectivity index (χ3n) is 5.77. The van der Waals surface area contributed by atoms with E-state index >= 15 is 0 Å². The molecular weight excluding hydrogens is 554 g/mol. The number of rotatable bonds is 7. The van der Waals surface area contributed by atoms with Crippen LogP contribution in [0.2, 0.25) is 0 Å². The summed E-state index contributed by atoms with van der Waals surface area (Å²) in [7, 11) is -3.98. The standard InChI is InChI=1S/C27H41N5O6S2/c1-16(2)37-24(33)29-19-13-14-20(21(15-19)40(35,36)32-26(3,4)5)23-31-30-22(39-23)17-9-11-18(12-10-17)28-25(34)38-27(6,7)8/h13-18,32H,9-12H2,1-8H3,(H,28,34)(H,29,33)/t17-,18-. The van der Waals surface area contributed by atoms with E-state index in [9.17, 15) is 18.0 Å². The number of benzene rings is 1. The minimum Gasteiger partial charge on any atom is -0.447 e. The lowest BCUT2D eigenvalue weighted by atomic mass is 9.86. The topological polar surface area (TPSA) is 149 Å². The molecule has 0 unspecified atom stereocenters. The number of hydrogen-bond donors (Lipinski definition) is 3. The van der Waals surface area contributed by atoms with Crippen LogP contribution in [-0.4, -0.2) is 54.1 Å². The van der Waals surface area contributed by atoms with E-state index in [1.807, 2.05) is 20.8 Å². The van der Waals surface area contributed by atoms with Crippen molar-refractivity contribution >= 4 is 39.2 Å². The first-order chi connectivity index (χ1) is 18.4. The lowest BCUT2D eigenvalue weighted by molar-refractivity contribution is 0.0491. The summed E-state index contributed by atoms with van der Waals surface area (Å²) in [5.74, 6) is 0.155. The Morgan fingerprint density at radius 2 is 1.65 bits per heavy atom. The fourth-order valence-electron chi connectivity index (χ4n) is 4.29. The molecule has 1 saturated carbocycles. The van der Waals surface area contributed by atoms with Crippen molar-refractivity contribution in [2.24, 2.45) is 0 Å². The minimum atomic E-state index is -3.98. The maximum atomic E-state index is 13.4. The van der Waals surface area contributed by atoms with E-state index < -0.39 is 33.3 Å². The summed E-state index contributed by atoms with van der Waals surface area (Å²) in [4.78, 5) is 24.3. The van der Waals surface area contributed by atoms with Crippen molar-refractivity contribution in [1.82, 2.24) is 20.2 Å². The first-order valence-corrected chi connectivity index (χ1v) is 15.7. The first-order valence-electron chi connectivity index (χ1n) is 13.4. The number of alkyl carbamates (subject to hydrolysis) is 1. The Hall–Kier alpha value is -2.77. The highest BCUT2D eigenvalue weighted by Gasteiger charge is 2.30. The Labute approximate surface area is 240 Å². The molecule has 0 bridgehead atoms. The number of carbonyl (C=O) groups is 2. The van der Waals surface area contributed by atoms with Gasteiger partial charge in [0, 0.05) is 28.7 Å². The zero-order valence-corrected chi connectivity index (χ0v) is 26.1. The van der Waals surface area contributed by atoms with E-state index in [-0.39, 0.29) is 28.6 Å². The Morgan fingerprint density at radius 1 is 1.00 bits per heavy atom. The summed E-state index contributed by atoms with van der Waals surface area (Å²) in [6.07, 6.45) is 1.76. The largest absolute Gasteiger partial charge is 0.447 e. The van der Waals surface area contributed by atoms with Crippen LogP contribution < -0.4 is 15.4 Å². The van der Waals surface area contributed by atoms with E-state index in [0.29, 0.717) is 10.6 Å². The molecule has 0 spiro atoms. The lowest BCUT2D eigenvalue weighted by Gasteiger charge is -2.29. The van der Waals surface area contributed by atoms with Crippen LogP contribution in [0.5, 0.6) is 0 Å². The van der Waals surface area contributed by atoms with Crippen LogP contribution in [0.15, 0.2) is 23.1 Å². The number of anilines is 1. The van der Waals surface area contributed by atoms with E-state index in [2.05, 4.69) is 25.6 Å². The van der Waals surface area contributed by atoms with Gasteiger partial charge in [0.1, 0.15) is 15.6 Å². The zero-order valence-electron chi connectivity index (χ0n) is 24.5. The normalized spacial score (nSPS) is 18.3. The quantitative estimate of drug-likeness (QED) is 0.364. The summed E-state index contributed by atoms with van der Waals surface area (Å²) in [5.41, 5.74) is -0.605. The summed E-state index contributed by atoms with van der Waals surface area (Å²) >= 11 is 1.35. The Kier molecular flexibility index (Phi) is 9.84. The van der Waals surface area contributed by atoms with Gasteiger partial charge in [0.2, 0.25) is 10.0 Å². The van der Waals surface area contributed by atoms with Crippen molar-refractivity contribution in [1.29, 1.82) is 0 Å². The predicted molar refractivity (Wildman–Crippen MR) is 155 cm³/mol. The van der Waals surface area contributed by atoms with Crippen molar-refractivity contribution in [3.63, 3.8) is 0 Å². The second kappa shape index (κ2) is 12.4. The predicted octanol–water partition coefficient (Wildman–Crippen LogP) is 5.79. The second-order valence-corrected chi connectivity index (χ2v) is 14.9. The smallest absolute Gasteiger partial charge is 0.411 e. The molecule has 1 aliphatic carbocycles. The van der Waals surface area contributed by atoms with Crippen molar-refractivity contribution in [2.45, 2.75) is 115 Å². The number of nitrogens with zero attached hydrogens (tertiary/aromatic N) is 2. The van der Waals surface area contributed by atoms with Crippen molar-refractivity contribution < 1.29 is 27.5 Å². The molecule has 2 aromatic rings. The van der Waals surface area contributed by atoms with Gasteiger partial charge in [-0.25, -0.2) is 22.7 Å². The van der Waals surface area contributed by atoms with Crippen molar-refractivity contribution in [3.8, 4) is 10.6 Å². The van der Waals surface area contributed by atoms with Gasteiger partial charge in [-0.15, -0.1) is 10.2 Å². The van der Waals surface area contributed by atoms with Gasteiger partial charge >= 0.3 is 12.2 Å². The summed E-state index contributed by atoms with van der Waals surface area (Å²) in [6, 6.07) is 4.66. The van der Waals surface area contributed by atoms with Gasteiger partial charge in [-0.2, -0.15) is 0 Å². The second-order valence-electron chi connectivity index (χ2n) is 12.3. The number of hydrogen-bond acceptors (Lipinski definition) is 9. The minimum absolute atomic E-state index is 0.0160. The summed E-state index contributed by atoms with van der Waals surface area (Å²) in [5, 5.41) is 15.6. The third kappa shape index (κ3) is 9.41. The van der Waals surface area contributed by atoms with E-state index in [1.54, 1.807) is 46.8 Å². The Balaban J connectivity index is 1.81. The van der Waals surface area contributed by atoms with Gasteiger partial charge in [0.05, 0.1) is 11.0 Å². The molecule has 1 aromatic carbocycles. The van der Waals surface area contributed by atoms with Crippen molar-refractivity contribution in [3.05, 3.63) is 23.2 Å². The van der Waals surface area contributed by atoms with Gasteiger partial charge in [0.15, 0.2) is 0 Å². The molecule has 0 aliphatic heterocycles. The number of sulfonamides is 1. The Bertz CT molecular complexity index is 1300. The molecule has 11 nitrogen and oxygen atoms in total. The molecule has 3 N–H and O–H groups in total. The fraction of sp³-hybridized carbons (Fsp3) is 0.630. The van der Waals surface area contributed by atoms with E-state index in [1.165, 1.54) is 17.4 Å². The average molecular weight is 596 g/mol. The maximum absolute atomic E-state index is 13.4. The monoisotopic (exact) mass is 595 g/mol. The number of nitrogens with one attached hydrogen (secondary N) is 3. The molecule has 0 radical (unpaired) electrons. The van der Waals surface area contributed by atoms with Gasteiger partial charge in [0.25, 0.3) is 0 Å². The Morgan fingerprint density at radius 3 is 2.23 bits per heavy atom. The summed E-state index contributed by atoms with van der Waals surface area (Å²) in [6.45, 7) is 14.2. The van der Waals surface area contributed by atoms with Crippen LogP contribution in [0.3, 0.4) is 0 Å². The van der Waals surface area contributed by atoms with Crippen LogP contribution in [-0.2, 0) is 19.5 Å². The fourth-order valence-corrected chi connectivity index (χ4v) is 7.05. The number of amides is 2. The molecule has 2 amide bonds. The van der Waals surface area contributed by atoms with E-state index in [4.69, 9.17) is 9.47 Å². The lowest BCUT2D eigenvalue weighted by Crippen LogP contribution is -2.40. The van der Waals surface area contributed by atoms with Crippen LogP contribution in [0.1, 0.15) is 92.0 Å². The highest BCUT2D eigenvalue weighted by atomic mass is 32.2. The molecule has 3 rings (SSSR count). The molecule has 40 heavy (non-hydrogen) atoms. The molecule has 0 saturated heterocycles. The molecule has 13 heteroatoms. The van der Waals surface area contributed by atoms with Crippen LogP contribution in [0.25, 0.3) is 10.6 Å². The highest BCUT2D eigenvalue weighted by molar-refractivity contribution is 7.89. The SMILES string of the molecule is CC(C)OC(=O)Nc1ccc(-c2nnc([C@H]3CC[C@H](NC(=O)OC(C)(C)C)CC3)s2)c(S(=O)(=O)NC(C)(C)C)c1. The molecular formula is C27H41N5O6S2. The van der Waals surface area contributed by atoms with Gasteiger partial charge in [-0.05, 0) is 99.3 Å². The zero-order chi connectivity index (χ0) is 29.9. The average Bonchev–Trinajstić information content (AvgIpc) is 3.26. The van der Waals surface area contributed by atoms with Crippen LogP contribution >= 0.6 is 11.3 Å². The summed E-state index contributed by atoms with van der Waals surface area (Å²) < 4.78 is 40.0. The first kappa shape index (κ1) is 31.8.